The Morgan fingerprint density at radius 2 is 2.00 bits per heavy atom. The fourth-order valence-electron chi connectivity index (χ4n) is 1.09. The van der Waals surface area contributed by atoms with Crippen molar-refractivity contribution in [2.24, 2.45) is 5.92 Å². The topological polar surface area (TPSA) is 0 Å². The molecule has 0 aromatic carbocycles. The van der Waals surface area contributed by atoms with Crippen molar-refractivity contribution in [3.05, 3.63) is 11.6 Å². The van der Waals surface area contributed by atoms with E-state index in [-0.39, 0.29) is 5.38 Å². The van der Waals surface area contributed by atoms with Crippen LogP contribution in [0.25, 0.3) is 0 Å². The number of halogens is 1. The summed E-state index contributed by atoms with van der Waals surface area (Å²) < 4.78 is 0. The molecule has 11 heavy (non-hydrogen) atoms. The summed E-state index contributed by atoms with van der Waals surface area (Å²) in [5.74, 6) is 0.597. The van der Waals surface area contributed by atoms with Crippen molar-refractivity contribution >= 4 is 11.6 Å². The first-order valence-corrected chi connectivity index (χ1v) is 4.87. The van der Waals surface area contributed by atoms with Crippen molar-refractivity contribution in [2.45, 2.75) is 45.9 Å². The lowest BCUT2D eigenvalue weighted by Crippen LogP contribution is -2.11. The van der Waals surface area contributed by atoms with E-state index in [1.165, 1.54) is 5.57 Å². The molecule has 0 radical (unpaired) electrons. The molecule has 0 bridgehead atoms. The molecule has 66 valence electrons. The van der Waals surface area contributed by atoms with Crippen molar-refractivity contribution in [1.82, 2.24) is 0 Å². The maximum atomic E-state index is 6.19. The van der Waals surface area contributed by atoms with E-state index in [2.05, 4.69) is 33.8 Å². The Hall–Kier alpha value is 0.0300. The van der Waals surface area contributed by atoms with Crippen LogP contribution in [0.4, 0.5) is 0 Å². The predicted molar refractivity (Wildman–Crippen MR) is 53.1 cm³/mol. The Morgan fingerprint density at radius 3 is 2.36 bits per heavy atom. The van der Waals surface area contributed by atoms with Crippen LogP contribution in [0.3, 0.4) is 0 Å². The Balaban J connectivity index is 4.00. The van der Waals surface area contributed by atoms with Crippen molar-refractivity contribution < 1.29 is 0 Å². The van der Waals surface area contributed by atoms with Crippen molar-refractivity contribution in [1.29, 1.82) is 0 Å². The highest BCUT2D eigenvalue weighted by atomic mass is 35.5. The Kier molecular flexibility index (Phi) is 5.67. The van der Waals surface area contributed by atoms with Crippen LogP contribution in [0.1, 0.15) is 40.5 Å². The van der Waals surface area contributed by atoms with Gasteiger partial charge in [0.25, 0.3) is 0 Å². The third kappa shape index (κ3) is 3.81. The smallest absolute Gasteiger partial charge is 0.0568 e. The Labute approximate surface area is 75.6 Å². The highest BCUT2D eigenvalue weighted by molar-refractivity contribution is 6.22. The van der Waals surface area contributed by atoms with Gasteiger partial charge in [0.15, 0.2) is 0 Å². The molecule has 0 heterocycles. The van der Waals surface area contributed by atoms with Crippen LogP contribution >= 0.6 is 11.6 Å². The predicted octanol–water partition coefficient (Wildman–Crippen LogP) is 4.00. The number of alkyl halides is 1. The molecule has 0 nitrogen and oxygen atoms in total. The van der Waals surface area contributed by atoms with E-state index < -0.39 is 0 Å². The minimum absolute atomic E-state index is 0.236. The third-order valence-electron chi connectivity index (χ3n) is 2.10. The molecule has 0 aliphatic heterocycles. The van der Waals surface area contributed by atoms with Crippen LogP contribution in [0.15, 0.2) is 11.6 Å². The first kappa shape index (κ1) is 11.0. The molecule has 0 amide bonds. The number of hydrogen-bond donors (Lipinski definition) is 0. The zero-order valence-electron chi connectivity index (χ0n) is 8.02. The monoisotopic (exact) mass is 174 g/mol. The third-order valence-corrected chi connectivity index (χ3v) is 2.88. The summed E-state index contributed by atoms with van der Waals surface area (Å²) in [6.45, 7) is 8.64. The lowest BCUT2D eigenvalue weighted by Gasteiger charge is -2.16. The molecule has 0 fully saturated rings. The first-order valence-electron chi connectivity index (χ1n) is 4.44. The standard InChI is InChI=1S/C10H19Cl/c1-5-7-9(4)10(11)8(3)6-2/h7-8,10H,5-6H2,1-4H3/b9-7+. The fraction of sp³-hybridized carbons (Fsp3) is 0.800. The zero-order chi connectivity index (χ0) is 8.85. The Bertz CT molecular complexity index is 127. The van der Waals surface area contributed by atoms with Gasteiger partial charge >= 0.3 is 0 Å². The number of hydrogen-bond acceptors (Lipinski definition) is 0. The molecule has 0 aromatic rings. The maximum Gasteiger partial charge on any atom is 0.0568 e. The second-order valence-electron chi connectivity index (χ2n) is 3.14. The average molecular weight is 175 g/mol. The van der Waals surface area contributed by atoms with Crippen LogP contribution < -0.4 is 0 Å². The lowest BCUT2D eigenvalue weighted by atomic mass is 9.98. The first-order chi connectivity index (χ1) is 5.13. The average Bonchev–Trinajstić information content (AvgIpc) is 2.02. The second kappa shape index (κ2) is 5.65. The van der Waals surface area contributed by atoms with E-state index >= 15 is 0 Å². The van der Waals surface area contributed by atoms with Crippen molar-refractivity contribution in [3.63, 3.8) is 0 Å². The van der Waals surface area contributed by atoms with Crippen LogP contribution in [-0.4, -0.2) is 5.38 Å². The van der Waals surface area contributed by atoms with Gasteiger partial charge in [0, 0.05) is 0 Å². The molecule has 2 unspecified atom stereocenters. The largest absolute Gasteiger partial charge is 0.118 e. The minimum Gasteiger partial charge on any atom is -0.118 e. The second-order valence-corrected chi connectivity index (χ2v) is 3.61. The summed E-state index contributed by atoms with van der Waals surface area (Å²) in [5.41, 5.74) is 1.32. The summed E-state index contributed by atoms with van der Waals surface area (Å²) in [5, 5.41) is 0.236. The van der Waals surface area contributed by atoms with Crippen molar-refractivity contribution in [2.75, 3.05) is 0 Å². The summed E-state index contributed by atoms with van der Waals surface area (Å²) in [7, 11) is 0. The van der Waals surface area contributed by atoms with E-state index in [0.29, 0.717) is 5.92 Å². The fourth-order valence-corrected chi connectivity index (χ4v) is 1.36. The van der Waals surface area contributed by atoms with Crippen LogP contribution in [0.5, 0.6) is 0 Å². The van der Waals surface area contributed by atoms with Crippen LogP contribution in [0, 0.1) is 5.92 Å². The van der Waals surface area contributed by atoms with Crippen molar-refractivity contribution in [3.8, 4) is 0 Å². The molecule has 0 aliphatic rings. The van der Waals surface area contributed by atoms with E-state index in [1.807, 2.05) is 0 Å². The van der Waals surface area contributed by atoms with Gasteiger partial charge < -0.3 is 0 Å². The number of rotatable bonds is 4. The van der Waals surface area contributed by atoms with Gasteiger partial charge in [0.05, 0.1) is 5.38 Å². The SMILES string of the molecule is CC/C=C(\C)C(Cl)C(C)CC. The molecule has 0 saturated heterocycles. The number of allylic oxidation sites excluding steroid dienone is 2. The normalized spacial score (nSPS) is 18.1. The van der Waals surface area contributed by atoms with Gasteiger partial charge in [0.2, 0.25) is 0 Å². The molecular formula is C10H19Cl. The van der Waals surface area contributed by atoms with E-state index in [9.17, 15) is 0 Å². The van der Waals surface area contributed by atoms with Gasteiger partial charge in [-0.25, -0.2) is 0 Å². The Morgan fingerprint density at radius 1 is 1.45 bits per heavy atom. The summed E-state index contributed by atoms with van der Waals surface area (Å²) in [6.07, 6.45) is 4.46. The van der Waals surface area contributed by atoms with Gasteiger partial charge in [0.1, 0.15) is 0 Å². The molecule has 0 spiro atoms. The summed E-state index contributed by atoms with van der Waals surface area (Å²) in [4.78, 5) is 0. The maximum absolute atomic E-state index is 6.19. The molecule has 0 aromatic heterocycles. The van der Waals surface area contributed by atoms with E-state index in [4.69, 9.17) is 11.6 Å². The summed E-state index contributed by atoms with van der Waals surface area (Å²) >= 11 is 6.19. The molecule has 0 rings (SSSR count). The minimum atomic E-state index is 0.236. The van der Waals surface area contributed by atoms with Gasteiger partial charge in [-0.1, -0.05) is 38.8 Å². The molecule has 2 atom stereocenters. The van der Waals surface area contributed by atoms with Gasteiger partial charge in [-0.3, -0.25) is 0 Å². The van der Waals surface area contributed by atoms with Gasteiger partial charge in [-0.05, 0) is 19.3 Å². The van der Waals surface area contributed by atoms with Crippen LogP contribution in [0.2, 0.25) is 0 Å². The molecule has 0 N–H and O–H groups in total. The molecule has 1 heteroatoms. The highest BCUT2D eigenvalue weighted by Gasteiger charge is 2.13. The highest BCUT2D eigenvalue weighted by Crippen LogP contribution is 2.21. The molecule has 0 aliphatic carbocycles. The summed E-state index contributed by atoms with van der Waals surface area (Å²) in [6, 6.07) is 0. The molecular weight excluding hydrogens is 156 g/mol. The van der Waals surface area contributed by atoms with Gasteiger partial charge in [-0.15, -0.1) is 11.6 Å². The lowest BCUT2D eigenvalue weighted by molar-refractivity contribution is 0.563. The molecule has 0 saturated carbocycles. The van der Waals surface area contributed by atoms with Gasteiger partial charge in [-0.2, -0.15) is 0 Å². The van der Waals surface area contributed by atoms with Crippen LogP contribution in [-0.2, 0) is 0 Å². The van der Waals surface area contributed by atoms with E-state index in [0.717, 1.165) is 12.8 Å². The van der Waals surface area contributed by atoms with E-state index in [1.54, 1.807) is 0 Å². The quantitative estimate of drug-likeness (QED) is 0.447. The zero-order valence-corrected chi connectivity index (χ0v) is 8.78.